The Labute approximate surface area is 135 Å². The molecule has 0 fully saturated rings. The highest BCUT2D eigenvalue weighted by Crippen LogP contribution is 2.15. The van der Waals surface area contributed by atoms with E-state index in [0.717, 1.165) is 11.3 Å². The van der Waals surface area contributed by atoms with Crippen LogP contribution in [-0.2, 0) is 4.74 Å². The van der Waals surface area contributed by atoms with E-state index in [1.54, 1.807) is 24.3 Å². The molecule has 0 spiro atoms. The number of aryl methyl sites for hydroxylation is 1. The minimum absolute atomic E-state index is 0.226. The zero-order valence-electron chi connectivity index (χ0n) is 12.7. The van der Waals surface area contributed by atoms with E-state index in [-0.39, 0.29) is 12.1 Å². The van der Waals surface area contributed by atoms with Gasteiger partial charge in [0.15, 0.2) is 0 Å². The Morgan fingerprint density at radius 2 is 1.95 bits per heavy atom. The fourth-order valence-corrected chi connectivity index (χ4v) is 2.16. The summed E-state index contributed by atoms with van der Waals surface area (Å²) in [6.07, 6.45) is 0.400. The maximum atomic E-state index is 12.0. The van der Waals surface area contributed by atoms with E-state index in [0.29, 0.717) is 23.6 Å². The van der Waals surface area contributed by atoms with Gasteiger partial charge in [-0.2, -0.15) is 0 Å². The van der Waals surface area contributed by atoms with Crippen LogP contribution < -0.4 is 4.74 Å². The van der Waals surface area contributed by atoms with E-state index < -0.39 is 0 Å². The fourth-order valence-electron chi connectivity index (χ4n) is 1.97. The zero-order chi connectivity index (χ0) is 15.9. The number of hydrogen-bond acceptors (Lipinski definition) is 3. The second-order valence-electron chi connectivity index (χ2n) is 5.18. The van der Waals surface area contributed by atoms with Gasteiger partial charge in [-0.1, -0.05) is 29.8 Å². The summed E-state index contributed by atoms with van der Waals surface area (Å²) in [5, 5.41) is 0.518. The third kappa shape index (κ3) is 5.08. The van der Waals surface area contributed by atoms with Crippen molar-refractivity contribution in [1.82, 2.24) is 0 Å². The predicted molar refractivity (Wildman–Crippen MR) is 87.6 cm³/mol. The lowest BCUT2D eigenvalue weighted by Gasteiger charge is -2.14. The van der Waals surface area contributed by atoms with Gasteiger partial charge in [0.25, 0.3) is 0 Å². The summed E-state index contributed by atoms with van der Waals surface area (Å²) >= 11 is 5.86. The first-order valence-electron chi connectivity index (χ1n) is 7.20. The number of ether oxygens (including phenoxy) is 2. The lowest BCUT2D eigenvalue weighted by molar-refractivity contribution is 0.0297. The van der Waals surface area contributed by atoms with Gasteiger partial charge in [0.05, 0.1) is 12.2 Å². The normalized spacial score (nSPS) is 11.8. The molecular weight excluding hydrogens is 300 g/mol. The molecule has 22 heavy (non-hydrogen) atoms. The molecule has 0 saturated heterocycles. The van der Waals surface area contributed by atoms with E-state index in [9.17, 15) is 4.79 Å². The summed E-state index contributed by atoms with van der Waals surface area (Å²) in [4.78, 5) is 12.0. The van der Waals surface area contributed by atoms with Crippen molar-refractivity contribution >= 4 is 17.6 Å². The van der Waals surface area contributed by atoms with Gasteiger partial charge < -0.3 is 9.47 Å². The van der Waals surface area contributed by atoms with Crippen molar-refractivity contribution in [1.29, 1.82) is 0 Å². The summed E-state index contributed by atoms with van der Waals surface area (Å²) < 4.78 is 11.0. The van der Waals surface area contributed by atoms with Crippen LogP contribution in [0.2, 0.25) is 5.02 Å². The van der Waals surface area contributed by atoms with Crippen molar-refractivity contribution in [2.45, 2.75) is 26.4 Å². The van der Waals surface area contributed by atoms with Crippen LogP contribution in [0, 0.1) is 6.92 Å². The Balaban J connectivity index is 1.78. The highest BCUT2D eigenvalue weighted by atomic mass is 35.5. The van der Waals surface area contributed by atoms with Gasteiger partial charge in [0.2, 0.25) is 0 Å². The average Bonchev–Trinajstić information content (AvgIpc) is 2.47. The highest BCUT2D eigenvalue weighted by Gasteiger charge is 2.12. The number of halogens is 1. The standard InChI is InChI=1S/C18H19ClO3/c1-13-5-3-8-17(11-13)21-10-9-14(2)22-18(20)15-6-4-7-16(19)12-15/h3-8,11-12,14H,9-10H2,1-2H3. The quantitative estimate of drug-likeness (QED) is 0.726. The smallest absolute Gasteiger partial charge is 0.338 e. The van der Waals surface area contributed by atoms with Crippen LogP contribution in [0.25, 0.3) is 0 Å². The van der Waals surface area contributed by atoms with Crippen LogP contribution >= 0.6 is 11.6 Å². The van der Waals surface area contributed by atoms with Crippen molar-refractivity contribution < 1.29 is 14.3 Å². The highest BCUT2D eigenvalue weighted by molar-refractivity contribution is 6.30. The van der Waals surface area contributed by atoms with E-state index >= 15 is 0 Å². The molecule has 2 rings (SSSR count). The van der Waals surface area contributed by atoms with Crippen LogP contribution in [0.1, 0.15) is 29.3 Å². The zero-order valence-corrected chi connectivity index (χ0v) is 13.5. The summed E-state index contributed by atoms with van der Waals surface area (Å²) in [7, 11) is 0. The Morgan fingerprint density at radius 1 is 1.18 bits per heavy atom. The molecule has 0 bridgehead atoms. The first-order chi connectivity index (χ1) is 10.5. The van der Waals surface area contributed by atoms with Crippen molar-refractivity contribution in [3.05, 3.63) is 64.7 Å². The molecule has 0 heterocycles. The second-order valence-corrected chi connectivity index (χ2v) is 5.62. The van der Waals surface area contributed by atoms with Gasteiger partial charge in [-0.3, -0.25) is 0 Å². The number of hydrogen-bond donors (Lipinski definition) is 0. The molecule has 0 amide bonds. The lowest BCUT2D eigenvalue weighted by Crippen LogP contribution is -2.17. The average molecular weight is 319 g/mol. The molecule has 2 aromatic rings. The Hall–Kier alpha value is -2.00. The molecule has 0 aliphatic heterocycles. The molecule has 0 aliphatic rings. The van der Waals surface area contributed by atoms with Gasteiger partial charge in [0.1, 0.15) is 11.9 Å². The monoisotopic (exact) mass is 318 g/mol. The molecule has 0 saturated carbocycles. The summed E-state index contributed by atoms with van der Waals surface area (Å²) in [5.41, 5.74) is 1.61. The van der Waals surface area contributed by atoms with Gasteiger partial charge >= 0.3 is 5.97 Å². The first kappa shape index (κ1) is 16.4. The SMILES string of the molecule is Cc1cccc(OCCC(C)OC(=O)c2cccc(Cl)c2)c1. The molecule has 2 aromatic carbocycles. The van der Waals surface area contributed by atoms with E-state index in [2.05, 4.69) is 0 Å². The van der Waals surface area contributed by atoms with Crippen LogP contribution in [0.5, 0.6) is 5.75 Å². The summed E-state index contributed by atoms with van der Waals surface area (Å²) in [6.45, 7) is 4.36. The van der Waals surface area contributed by atoms with Gasteiger partial charge in [-0.25, -0.2) is 4.79 Å². The molecule has 0 aromatic heterocycles. The molecule has 4 heteroatoms. The maximum Gasteiger partial charge on any atom is 0.338 e. The Bertz CT molecular complexity index is 640. The third-order valence-corrected chi connectivity index (χ3v) is 3.39. The molecular formula is C18H19ClO3. The van der Waals surface area contributed by atoms with Crippen LogP contribution in [0.15, 0.2) is 48.5 Å². The van der Waals surface area contributed by atoms with Gasteiger partial charge in [0, 0.05) is 11.4 Å². The van der Waals surface area contributed by atoms with E-state index in [1.165, 1.54) is 0 Å². The van der Waals surface area contributed by atoms with Crippen LogP contribution in [0.4, 0.5) is 0 Å². The molecule has 1 atom stereocenters. The number of esters is 1. The van der Waals surface area contributed by atoms with Gasteiger partial charge in [-0.05, 0) is 49.7 Å². The molecule has 1 unspecified atom stereocenters. The topological polar surface area (TPSA) is 35.5 Å². The largest absolute Gasteiger partial charge is 0.493 e. The molecule has 0 aliphatic carbocycles. The van der Waals surface area contributed by atoms with Crippen molar-refractivity contribution in [2.75, 3.05) is 6.61 Å². The Morgan fingerprint density at radius 3 is 2.68 bits per heavy atom. The van der Waals surface area contributed by atoms with Crippen LogP contribution in [0.3, 0.4) is 0 Å². The molecule has 0 N–H and O–H groups in total. The summed E-state index contributed by atoms with van der Waals surface area (Å²) in [6, 6.07) is 14.6. The maximum absolute atomic E-state index is 12.0. The van der Waals surface area contributed by atoms with E-state index in [4.69, 9.17) is 21.1 Å². The molecule has 3 nitrogen and oxygen atoms in total. The second kappa shape index (κ2) is 7.85. The number of rotatable bonds is 6. The lowest BCUT2D eigenvalue weighted by atomic mass is 10.2. The number of carbonyl (C=O) groups excluding carboxylic acids is 1. The van der Waals surface area contributed by atoms with Gasteiger partial charge in [-0.15, -0.1) is 0 Å². The van der Waals surface area contributed by atoms with Crippen molar-refractivity contribution in [3.63, 3.8) is 0 Å². The predicted octanol–water partition coefficient (Wildman–Crippen LogP) is 4.66. The number of benzene rings is 2. The molecule has 116 valence electrons. The molecule has 0 radical (unpaired) electrons. The van der Waals surface area contributed by atoms with Crippen molar-refractivity contribution in [2.24, 2.45) is 0 Å². The number of carbonyl (C=O) groups is 1. The van der Waals surface area contributed by atoms with Crippen LogP contribution in [-0.4, -0.2) is 18.7 Å². The first-order valence-corrected chi connectivity index (χ1v) is 7.58. The van der Waals surface area contributed by atoms with Crippen molar-refractivity contribution in [3.8, 4) is 5.75 Å². The minimum atomic E-state index is -0.370. The Kier molecular flexibility index (Phi) is 5.84. The third-order valence-electron chi connectivity index (χ3n) is 3.15. The minimum Gasteiger partial charge on any atom is -0.493 e. The van der Waals surface area contributed by atoms with E-state index in [1.807, 2.05) is 38.1 Å². The fraction of sp³-hybridized carbons (Fsp3) is 0.278. The summed E-state index contributed by atoms with van der Waals surface area (Å²) in [5.74, 6) is 0.457.